The zero-order valence-electron chi connectivity index (χ0n) is 10.3. The zero-order valence-corrected chi connectivity index (χ0v) is 11.1. The Morgan fingerprint density at radius 1 is 1.63 bits per heavy atom. The number of aromatic nitrogens is 1. The summed E-state index contributed by atoms with van der Waals surface area (Å²) in [6.07, 6.45) is 2.45. The largest absolute Gasteiger partial charge is 0.462 e. The lowest BCUT2D eigenvalue weighted by atomic mass is 10.1. The maximum absolute atomic E-state index is 12.2. The van der Waals surface area contributed by atoms with Crippen LogP contribution in [0.2, 0.25) is 0 Å². The van der Waals surface area contributed by atoms with Gasteiger partial charge in [-0.05, 0) is 18.6 Å². The third-order valence-corrected chi connectivity index (χ3v) is 4.14. The lowest BCUT2D eigenvalue weighted by molar-refractivity contribution is 0.0777. The van der Waals surface area contributed by atoms with Gasteiger partial charge in [0, 0.05) is 31.0 Å². The lowest BCUT2D eigenvalue weighted by Gasteiger charge is -2.14. The maximum atomic E-state index is 12.2. The fraction of sp³-hybridized carbons (Fsp3) is 0.385. The maximum Gasteiger partial charge on any atom is 0.273 e. The predicted molar refractivity (Wildman–Crippen MR) is 70.9 cm³/mol. The van der Waals surface area contributed by atoms with Crippen LogP contribution in [0.3, 0.4) is 0 Å². The van der Waals surface area contributed by atoms with Crippen molar-refractivity contribution in [2.45, 2.75) is 6.42 Å². The molecule has 2 aromatic rings. The molecule has 1 aliphatic heterocycles. The molecule has 0 radical (unpaired) electrons. The van der Waals surface area contributed by atoms with E-state index in [0.29, 0.717) is 29.6 Å². The first-order valence-corrected chi connectivity index (χ1v) is 7.05. The molecule has 3 rings (SSSR count). The van der Waals surface area contributed by atoms with Gasteiger partial charge in [0.25, 0.3) is 5.91 Å². The van der Waals surface area contributed by atoms with Crippen molar-refractivity contribution in [1.29, 1.82) is 0 Å². The molecule has 1 fully saturated rings. The third-order valence-electron chi connectivity index (χ3n) is 3.29. The first kappa shape index (κ1) is 12.4. The highest BCUT2D eigenvalue weighted by Gasteiger charge is 2.27. The Morgan fingerprint density at radius 3 is 3.21 bits per heavy atom. The minimum absolute atomic E-state index is 0.0648. The number of rotatable bonds is 3. The first-order chi connectivity index (χ1) is 9.28. The van der Waals surface area contributed by atoms with Crippen LogP contribution in [0.4, 0.5) is 0 Å². The van der Waals surface area contributed by atoms with Crippen LogP contribution in [-0.2, 0) is 0 Å². The van der Waals surface area contributed by atoms with Crippen molar-refractivity contribution in [2.24, 2.45) is 5.92 Å². The first-order valence-electron chi connectivity index (χ1n) is 6.17. The molecule has 6 heteroatoms. The average Bonchev–Trinajstić information content (AvgIpc) is 3.16. The Labute approximate surface area is 114 Å². The number of carbonyl (C=O) groups excluding carboxylic acids is 1. The van der Waals surface area contributed by atoms with Crippen LogP contribution in [0.1, 0.15) is 16.9 Å². The van der Waals surface area contributed by atoms with Gasteiger partial charge >= 0.3 is 0 Å². The summed E-state index contributed by atoms with van der Waals surface area (Å²) in [6.45, 7) is 1.44. The molecule has 2 aromatic heterocycles. The molecule has 1 aliphatic rings. The van der Waals surface area contributed by atoms with Crippen molar-refractivity contribution >= 4 is 17.2 Å². The summed E-state index contributed by atoms with van der Waals surface area (Å²) >= 11 is 1.40. The van der Waals surface area contributed by atoms with E-state index in [1.54, 1.807) is 22.6 Å². The Bertz CT molecular complexity index is 564. The summed E-state index contributed by atoms with van der Waals surface area (Å²) in [4.78, 5) is 18.3. The molecular weight excluding hydrogens is 264 g/mol. The van der Waals surface area contributed by atoms with Crippen LogP contribution in [0.25, 0.3) is 10.8 Å². The summed E-state index contributed by atoms with van der Waals surface area (Å²) < 4.78 is 5.26. The van der Waals surface area contributed by atoms with Gasteiger partial charge in [-0.15, -0.1) is 11.3 Å². The highest BCUT2D eigenvalue weighted by molar-refractivity contribution is 7.13. The van der Waals surface area contributed by atoms with E-state index >= 15 is 0 Å². The van der Waals surface area contributed by atoms with Gasteiger partial charge in [-0.25, -0.2) is 4.98 Å². The number of thiazole rings is 1. The fourth-order valence-electron chi connectivity index (χ4n) is 2.21. The van der Waals surface area contributed by atoms with E-state index in [-0.39, 0.29) is 18.4 Å². The number of hydrogen-bond donors (Lipinski definition) is 1. The quantitative estimate of drug-likeness (QED) is 0.930. The molecule has 0 aliphatic carbocycles. The molecule has 5 nitrogen and oxygen atoms in total. The van der Waals surface area contributed by atoms with Crippen LogP contribution in [0, 0.1) is 5.92 Å². The normalized spacial score (nSPS) is 19.0. The van der Waals surface area contributed by atoms with Crippen molar-refractivity contribution in [2.75, 3.05) is 19.7 Å². The Kier molecular flexibility index (Phi) is 3.35. The molecule has 100 valence electrons. The van der Waals surface area contributed by atoms with E-state index in [2.05, 4.69) is 4.98 Å². The standard InChI is InChI=1S/C13H14N2O3S/c16-7-9-3-4-15(6-9)13(17)10-8-19-12(14-10)11-2-1-5-18-11/h1-2,5,8-9,16H,3-4,6-7H2. The number of furan rings is 1. The van der Waals surface area contributed by atoms with E-state index in [1.807, 2.05) is 6.07 Å². The molecule has 19 heavy (non-hydrogen) atoms. The predicted octanol–water partition coefficient (Wildman–Crippen LogP) is 1.86. The van der Waals surface area contributed by atoms with Crippen molar-refractivity contribution in [3.8, 4) is 10.8 Å². The van der Waals surface area contributed by atoms with Gasteiger partial charge in [0.2, 0.25) is 0 Å². The highest BCUT2D eigenvalue weighted by Crippen LogP contribution is 2.25. The third kappa shape index (κ3) is 2.41. The van der Waals surface area contributed by atoms with E-state index in [0.717, 1.165) is 6.42 Å². The number of amides is 1. The number of aliphatic hydroxyl groups excluding tert-OH is 1. The van der Waals surface area contributed by atoms with E-state index in [4.69, 9.17) is 9.52 Å². The van der Waals surface area contributed by atoms with Crippen LogP contribution in [-0.4, -0.2) is 40.6 Å². The molecule has 0 aromatic carbocycles. The van der Waals surface area contributed by atoms with Gasteiger partial charge < -0.3 is 14.4 Å². The average molecular weight is 278 g/mol. The minimum Gasteiger partial charge on any atom is -0.462 e. The Morgan fingerprint density at radius 2 is 2.53 bits per heavy atom. The second-order valence-corrected chi connectivity index (χ2v) is 5.46. The van der Waals surface area contributed by atoms with Crippen molar-refractivity contribution in [1.82, 2.24) is 9.88 Å². The molecule has 0 saturated carbocycles. The molecule has 1 atom stereocenters. The van der Waals surface area contributed by atoms with Crippen LogP contribution in [0.5, 0.6) is 0 Å². The summed E-state index contributed by atoms with van der Waals surface area (Å²) in [6, 6.07) is 3.62. The number of likely N-dealkylation sites (tertiary alicyclic amines) is 1. The number of hydrogen-bond acceptors (Lipinski definition) is 5. The second kappa shape index (κ2) is 5.14. The monoisotopic (exact) mass is 278 g/mol. The lowest BCUT2D eigenvalue weighted by Crippen LogP contribution is -2.29. The van der Waals surface area contributed by atoms with Crippen LogP contribution in [0.15, 0.2) is 28.2 Å². The molecule has 1 N–H and O–H groups in total. The molecule has 0 spiro atoms. The molecule has 0 bridgehead atoms. The molecule has 1 unspecified atom stereocenters. The van der Waals surface area contributed by atoms with Gasteiger partial charge in [0.1, 0.15) is 5.69 Å². The number of aliphatic hydroxyl groups is 1. The summed E-state index contributed by atoms with van der Waals surface area (Å²) in [5.74, 6) is 0.816. The summed E-state index contributed by atoms with van der Waals surface area (Å²) in [5, 5.41) is 11.6. The van der Waals surface area contributed by atoms with Gasteiger partial charge in [-0.3, -0.25) is 4.79 Å². The Hall–Kier alpha value is -1.66. The minimum atomic E-state index is -0.0648. The molecule has 1 amide bonds. The van der Waals surface area contributed by atoms with Gasteiger partial charge in [0.05, 0.1) is 6.26 Å². The highest BCUT2D eigenvalue weighted by atomic mass is 32.1. The molecule has 1 saturated heterocycles. The van der Waals surface area contributed by atoms with Crippen molar-refractivity contribution < 1.29 is 14.3 Å². The number of nitrogens with zero attached hydrogens (tertiary/aromatic N) is 2. The second-order valence-electron chi connectivity index (χ2n) is 4.60. The van der Waals surface area contributed by atoms with Gasteiger partial charge in [-0.2, -0.15) is 0 Å². The SMILES string of the molecule is O=C(c1csc(-c2ccco2)n1)N1CCC(CO)C1. The fourth-order valence-corrected chi connectivity index (χ4v) is 2.97. The number of carbonyl (C=O) groups is 1. The summed E-state index contributed by atoms with van der Waals surface area (Å²) in [5.41, 5.74) is 0.454. The van der Waals surface area contributed by atoms with Crippen molar-refractivity contribution in [3.05, 3.63) is 29.5 Å². The van der Waals surface area contributed by atoms with Crippen molar-refractivity contribution in [3.63, 3.8) is 0 Å². The molecule has 3 heterocycles. The zero-order chi connectivity index (χ0) is 13.2. The molecular formula is C13H14N2O3S. The van der Waals surface area contributed by atoms with E-state index < -0.39 is 0 Å². The van der Waals surface area contributed by atoms with Gasteiger partial charge in [-0.1, -0.05) is 0 Å². The van der Waals surface area contributed by atoms with Gasteiger partial charge in [0.15, 0.2) is 10.8 Å². The van der Waals surface area contributed by atoms with E-state index in [1.165, 1.54) is 11.3 Å². The van der Waals surface area contributed by atoms with Crippen LogP contribution < -0.4 is 0 Å². The topological polar surface area (TPSA) is 66.6 Å². The Balaban J connectivity index is 1.74. The van der Waals surface area contributed by atoms with E-state index in [9.17, 15) is 4.79 Å². The smallest absolute Gasteiger partial charge is 0.273 e. The summed E-state index contributed by atoms with van der Waals surface area (Å²) in [7, 11) is 0. The van der Waals surface area contributed by atoms with Crippen LogP contribution >= 0.6 is 11.3 Å².